The van der Waals surface area contributed by atoms with Gasteiger partial charge < -0.3 is 19.7 Å². The number of amides is 4. The van der Waals surface area contributed by atoms with Crippen molar-refractivity contribution in [1.82, 2.24) is 15.5 Å². The molecule has 1 aromatic carbocycles. The van der Waals surface area contributed by atoms with Crippen molar-refractivity contribution >= 4 is 33.8 Å². The number of likely N-dealkylation sites (tertiary alicyclic amines) is 1. The fraction of sp³-hybridized carbons (Fsp3) is 0.526. The molecule has 9 heteroatoms. The summed E-state index contributed by atoms with van der Waals surface area (Å²) in [5, 5.41) is 4.90. The number of carbonyl (C=O) groups is 3. The second kappa shape index (κ2) is 8.81. The zero-order valence-corrected chi connectivity index (χ0v) is 17.5. The van der Waals surface area contributed by atoms with Crippen molar-refractivity contribution in [2.75, 3.05) is 26.8 Å². The number of hydrogen-bond acceptors (Lipinski definition) is 5. The van der Waals surface area contributed by atoms with Crippen molar-refractivity contribution in [2.45, 2.75) is 32.2 Å². The molecule has 2 fully saturated rings. The molecule has 1 aromatic rings. The van der Waals surface area contributed by atoms with Crippen LogP contribution in [0.15, 0.2) is 16.6 Å². The van der Waals surface area contributed by atoms with Gasteiger partial charge in [-0.05, 0) is 47.3 Å². The Hall–Kier alpha value is -2.29. The van der Waals surface area contributed by atoms with Crippen molar-refractivity contribution in [1.29, 1.82) is 0 Å². The molecule has 0 spiro atoms. The largest absolute Gasteiger partial charge is 0.493 e. The highest BCUT2D eigenvalue weighted by Crippen LogP contribution is 2.37. The lowest BCUT2D eigenvalue weighted by atomic mass is 9.90. The molecule has 0 saturated carbocycles. The van der Waals surface area contributed by atoms with E-state index in [1.807, 2.05) is 6.92 Å². The molecule has 4 amide bonds. The number of piperidine rings is 1. The minimum absolute atomic E-state index is 0.110. The normalized spacial score (nSPS) is 21.9. The van der Waals surface area contributed by atoms with Gasteiger partial charge >= 0.3 is 6.03 Å². The van der Waals surface area contributed by atoms with E-state index in [-0.39, 0.29) is 17.7 Å². The van der Waals surface area contributed by atoms with Gasteiger partial charge in [0.05, 0.1) is 18.2 Å². The summed E-state index contributed by atoms with van der Waals surface area (Å²) in [5.74, 6) is 0.480. The smallest absolute Gasteiger partial charge is 0.322 e. The van der Waals surface area contributed by atoms with Gasteiger partial charge in [0.1, 0.15) is 6.04 Å². The summed E-state index contributed by atoms with van der Waals surface area (Å²) >= 11 is 3.47. The lowest BCUT2D eigenvalue weighted by Gasteiger charge is -2.34. The SMILES string of the molecule is CCCOc1c(Br)cc(C(=O)N2CCC[C@H]([C@H]3NC(=O)NC3=O)C2)cc1OC. The maximum atomic E-state index is 13.1. The number of nitrogens with zero attached hydrogens (tertiary/aromatic N) is 1. The monoisotopic (exact) mass is 453 g/mol. The van der Waals surface area contributed by atoms with E-state index < -0.39 is 12.1 Å². The predicted molar refractivity (Wildman–Crippen MR) is 106 cm³/mol. The van der Waals surface area contributed by atoms with Crippen LogP contribution >= 0.6 is 15.9 Å². The molecule has 0 aromatic heterocycles. The van der Waals surface area contributed by atoms with E-state index in [0.717, 1.165) is 19.3 Å². The molecule has 152 valence electrons. The first-order chi connectivity index (χ1) is 13.4. The summed E-state index contributed by atoms with van der Waals surface area (Å²) in [6.07, 6.45) is 2.40. The molecule has 28 heavy (non-hydrogen) atoms. The van der Waals surface area contributed by atoms with E-state index in [2.05, 4.69) is 26.6 Å². The lowest BCUT2D eigenvalue weighted by molar-refractivity contribution is -0.121. The third kappa shape index (κ3) is 4.24. The van der Waals surface area contributed by atoms with Gasteiger partial charge in [0, 0.05) is 24.6 Å². The standard InChI is InChI=1S/C19H24BrN3O5/c1-3-7-28-16-13(20)8-12(9-14(16)27-2)18(25)23-6-4-5-11(10-23)15-17(24)22-19(26)21-15/h8-9,11,15H,3-7,10H2,1-2H3,(H2,21,22,24,26)/t11-,15+/m0/s1. The zero-order chi connectivity index (χ0) is 20.3. The molecule has 3 rings (SSSR count). The van der Waals surface area contributed by atoms with E-state index in [1.54, 1.807) is 17.0 Å². The third-order valence-electron chi connectivity index (χ3n) is 4.95. The zero-order valence-electron chi connectivity index (χ0n) is 15.9. The Bertz CT molecular complexity index is 785. The summed E-state index contributed by atoms with van der Waals surface area (Å²) in [5.41, 5.74) is 0.480. The summed E-state index contributed by atoms with van der Waals surface area (Å²) in [4.78, 5) is 38.1. The molecule has 2 aliphatic rings. The second-order valence-corrected chi connectivity index (χ2v) is 7.79. The Morgan fingerprint density at radius 2 is 2.14 bits per heavy atom. The van der Waals surface area contributed by atoms with Crippen molar-refractivity contribution in [3.63, 3.8) is 0 Å². The number of carbonyl (C=O) groups excluding carboxylic acids is 3. The Morgan fingerprint density at radius 1 is 1.36 bits per heavy atom. The quantitative estimate of drug-likeness (QED) is 0.644. The van der Waals surface area contributed by atoms with Crippen molar-refractivity contribution in [3.8, 4) is 11.5 Å². The fourth-order valence-corrected chi connectivity index (χ4v) is 4.16. The molecule has 0 aliphatic carbocycles. The first-order valence-electron chi connectivity index (χ1n) is 9.35. The predicted octanol–water partition coefficient (Wildman–Crippen LogP) is 2.31. The van der Waals surface area contributed by atoms with Crippen molar-refractivity contribution < 1.29 is 23.9 Å². The second-order valence-electron chi connectivity index (χ2n) is 6.93. The van der Waals surface area contributed by atoms with E-state index in [0.29, 0.717) is 41.2 Å². The number of methoxy groups -OCH3 is 1. The Labute approximate surface area is 172 Å². The van der Waals surface area contributed by atoms with E-state index in [4.69, 9.17) is 9.47 Å². The summed E-state index contributed by atoms with van der Waals surface area (Å²) in [6, 6.07) is 2.33. The Morgan fingerprint density at radius 3 is 2.79 bits per heavy atom. The van der Waals surface area contributed by atoms with Gasteiger partial charge in [-0.1, -0.05) is 6.92 Å². The van der Waals surface area contributed by atoms with Crippen LogP contribution in [0, 0.1) is 5.92 Å². The van der Waals surface area contributed by atoms with Crippen LogP contribution in [0.5, 0.6) is 11.5 Å². The van der Waals surface area contributed by atoms with Crippen LogP contribution < -0.4 is 20.1 Å². The van der Waals surface area contributed by atoms with Gasteiger partial charge in [0.2, 0.25) is 0 Å². The topological polar surface area (TPSA) is 97.0 Å². The molecule has 0 unspecified atom stereocenters. The van der Waals surface area contributed by atoms with Gasteiger partial charge in [-0.15, -0.1) is 0 Å². The molecule has 8 nitrogen and oxygen atoms in total. The minimum Gasteiger partial charge on any atom is -0.493 e. The number of halogens is 1. The van der Waals surface area contributed by atoms with Crippen LogP contribution in [0.4, 0.5) is 4.79 Å². The number of nitrogens with one attached hydrogen (secondary N) is 2. The first-order valence-corrected chi connectivity index (χ1v) is 10.1. The highest BCUT2D eigenvalue weighted by molar-refractivity contribution is 9.10. The van der Waals surface area contributed by atoms with Crippen LogP contribution in [0.25, 0.3) is 0 Å². The van der Waals surface area contributed by atoms with Crippen molar-refractivity contribution in [2.24, 2.45) is 5.92 Å². The summed E-state index contributed by atoms with van der Waals surface area (Å²) < 4.78 is 11.8. The molecule has 2 N–H and O–H groups in total. The van der Waals surface area contributed by atoms with Gasteiger partial charge in [0.15, 0.2) is 11.5 Å². The molecule has 2 saturated heterocycles. The summed E-state index contributed by atoms with van der Waals surface area (Å²) in [6.45, 7) is 3.57. The highest BCUT2D eigenvalue weighted by atomic mass is 79.9. The number of ether oxygens (including phenoxy) is 2. The van der Waals surface area contributed by atoms with Crippen LogP contribution in [-0.2, 0) is 4.79 Å². The van der Waals surface area contributed by atoms with Gasteiger partial charge in [-0.3, -0.25) is 14.9 Å². The first kappa shape index (κ1) is 20.4. The maximum absolute atomic E-state index is 13.1. The molecule has 0 bridgehead atoms. The van der Waals surface area contributed by atoms with Gasteiger partial charge in [-0.2, -0.15) is 0 Å². The summed E-state index contributed by atoms with van der Waals surface area (Å²) in [7, 11) is 1.53. The minimum atomic E-state index is -0.589. The van der Waals surface area contributed by atoms with Crippen LogP contribution in [0.1, 0.15) is 36.5 Å². The fourth-order valence-electron chi connectivity index (χ4n) is 3.60. The van der Waals surface area contributed by atoms with Crippen LogP contribution in [-0.4, -0.2) is 55.6 Å². The number of urea groups is 1. The molecular weight excluding hydrogens is 430 g/mol. The maximum Gasteiger partial charge on any atom is 0.322 e. The Balaban J connectivity index is 1.76. The third-order valence-corrected chi connectivity index (χ3v) is 5.54. The Kier molecular flexibility index (Phi) is 6.43. The van der Waals surface area contributed by atoms with Crippen LogP contribution in [0.3, 0.4) is 0 Å². The number of hydrogen-bond donors (Lipinski definition) is 2. The molecule has 2 atom stereocenters. The average molecular weight is 454 g/mol. The van der Waals surface area contributed by atoms with Gasteiger partial charge in [-0.25, -0.2) is 4.79 Å². The molecule has 0 radical (unpaired) electrons. The highest BCUT2D eigenvalue weighted by Gasteiger charge is 2.39. The van der Waals surface area contributed by atoms with E-state index >= 15 is 0 Å². The van der Waals surface area contributed by atoms with Crippen molar-refractivity contribution in [3.05, 3.63) is 22.2 Å². The van der Waals surface area contributed by atoms with E-state index in [1.165, 1.54) is 7.11 Å². The molecule has 2 heterocycles. The van der Waals surface area contributed by atoms with Gasteiger partial charge in [0.25, 0.3) is 11.8 Å². The van der Waals surface area contributed by atoms with E-state index in [9.17, 15) is 14.4 Å². The number of benzene rings is 1. The lowest BCUT2D eigenvalue weighted by Crippen LogP contribution is -2.48. The average Bonchev–Trinajstić information content (AvgIpc) is 3.04. The number of rotatable bonds is 6. The molecular formula is C19H24BrN3O5. The van der Waals surface area contributed by atoms with Crippen LogP contribution in [0.2, 0.25) is 0 Å². The number of imide groups is 1. The molecule has 2 aliphatic heterocycles.